The summed E-state index contributed by atoms with van der Waals surface area (Å²) in [6.45, 7) is 17.5. The molecular formula is C40H55FN4O4. The van der Waals surface area contributed by atoms with Gasteiger partial charge in [0, 0.05) is 23.7 Å². The summed E-state index contributed by atoms with van der Waals surface area (Å²) in [6.07, 6.45) is 13.2. The van der Waals surface area contributed by atoms with Crippen LogP contribution in [0.2, 0.25) is 0 Å². The molecule has 1 aromatic carbocycles. The van der Waals surface area contributed by atoms with Gasteiger partial charge < -0.3 is 15.6 Å². The van der Waals surface area contributed by atoms with Crippen LogP contribution in [0.1, 0.15) is 118 Å². The summed E-state index contributed by atoms with van der Waals surface area (Å²) in [5.41, 5.74) is 8.73. The molecule has 2 unspecified atom stereocenters. The molecule has 0 radical (unpaired) electrons. The van der Waals surface area contributed by atoms with Gasteiger partial charge in [-0.1, -0.05) is 65.3 Å². The zero-order valence-electron chi connectivity index (χ0n) is 30.5. The van der Waals surface area contributed by atoms with Gasteiger partial charge in [0.25, 0.3) is 0 Å². The lowest BCUT2D eigenvalue weighted by Gasteiger charge is -2.71. The van der Waals surface area contributed by atoms with Crippen LogP contribution >= 0.6 is 0 Å². The number of allylic oxidation sites excluding steroid dienone is 2. The van der Waals surface area contributed by atoms with E-state index in [4.69, 9.17) is 10.3 Å². The van der Waals surface area contributed by atoms with Gasteiger partial charge in [-0.15, -0.1) is 0 Å². The molecule has 0 saturated heterocycles. The Bertz CT molecular complexity index is 1710. The number of hydrogen-bond acceptors (Lipinski definition) is 6. The molecule has 0 aliphatic heterocycles. The number of rotatable bonds is 5. The number of halogens is 1. The maximum atomic E-state index is 14.5. The molecule has 1 aromatic heterocycles. The third-order valence-corrected chi connectivity index (χ3v) is 15.6. The minimum atomic E-state index is -0.929. The van der Waals surface area contributed by atoms with Crippen LogP contribution < -0.4 is 11.1 Å². The van der Waals surface area contributed by atoms with E-state index < -0.39 is 21.8 Å². The Hall–Kier alpha value is -3.07. The first kappa shape index (κ1) is 34.4. The van der Waals surface area contributed by atoms with Gasteiger partial charge in [0.05, 0.1) is 16.9 Å². The first-order valence-electron chi connectivity index (χ1n) is 18.5. The van der Waals surface area contributed by atoms with Crippen molar-refractivity contribution in [1.82, 2.24) is 10.5 Å². The van der Waals surface area contributed by atoms with Crippen molar-refractivity contribution in [1.29, 1.82) is 0 Å². The van der Waals surface area contributed by atoms with Crippen molar-refractivity contribution >= 4 is 11.6 Å². The number of nitrogens with two attached hydrogens (primary N) is 1. The van der Waals surface area contributed by atoms with Crippen molar-refractivity contribution in [3.8, 4) is 11.3 Å². The lowest BCUT2D eigenvalue weighted by Crippen LogP contribution is -2.66. The van der Waals surface area contributed by atoms with Crippen molar-refractivity contribution in [2.45, 2.75) is 125 Å². The molecule has 4 fully saturated rings. The average Bonchev–Trinajstić information content (AvgIpc) is 3.51. The number of nitro groups is 1. The number of aromatic nitrogens is 1. The van der Waals surface area contributed by atoms with Crippen LogP contribution in [0.15, 0.2) is 40.4 Å². The lowest BCUT2D eigenvalue weighted by molar-refractivity contribution is -0.387. The number of carbonyl (C=O) groups is 1. The summed E-state index contributed by atoms with van der Waals surface area (Å²) < 4.78 is 19.8. The van der Waals surface area contributed by atoms with E-state index >= 15 is 0 Å². The van der Waals surface area contributed by atoms with Crippen molar-refractivity contribution in [2.75, 3.05) is 0 Å². The Balaban J connectivity index is 1.15. The van der Waals surface area contributed by atoms with E-state index in [1.165, 1.54) is 30.9 Å². The summed E-state index contributed by atoms with van der Waals surface area (Å²) in [7, 11) is 0. The van der Waals surface area contributed by atoms with Gasteiger partial charge >= 0.3 is 5.69 Å². The third kappa shape index (κ3) is 4.98. The smallest absolute Gasteiger partial charge is 0.304 e. The number of hydrogen-bond donors (Lipinski definition) is 2. The number of carbonyl (C=O) groups excluding carboxylic acids is 1. The molecule has 7 rings (SSSR count). The van der Waals surface area contributed by atoms with Gasteiger partial charge in [0.1, 0.15) is 5.69 Å². The molecular weight excluding hydrogens is 619 g/mol. The molecule has 4 saturated carbocycles. The first-order valence-corrected chi connectivity index (χ1v) is 18.5. The van der Waals surface area contributed by atoms with Gasteiger partial charge in [-0.25, -0.2) is 0 Å². The molecule has 5 aliphatic rings. The van der Waals surface area contributed by atoms with Crippen LogP contribution in [0.4, 0.5) is 10.1 Å². The monoisotopic (exact) mass is 674 g/mol. The quantitative estimate of drug-likeness (QED) is 0.185. The van der Waals surface area contributed by atoms with E-state index in [1.807, 2.05) is 0 Å². The molecule has 0 bridgehead atoms. The van der Waals surface area contributed by atoms with E-state index in [1.54, 1.807) is 6.07 Å². The van der Waals surface area contributed by atoms with E-state index in [0.717, 1.165) is 57.1 Å². The number of benzene rings is 1. The first-order chi connectivity index (χ1) is 22.9. The minimum Gasteiger partial charge on any atom is -0.359 e. The second-order valence-corrected chi connectivity index (χ2v) is 18.6. The largest absolute Gasteiger partial charge is 0.359 e. The molecule has 49 heavy (non-hydrogen) atoms. The summed E-state index contributed by atoms with van der Waals surface area (Å²) >= 11 is 0. The summed E-state index contributed by atoms with van der Waals surface area (Å²) in [6, 6.07) is 5.59. The lowest BCUT2D eigenvalue weighted by atomic mass is 9.33. The maximum absolute atomic E-state index is 14.5. The van der Waals surface area contributed by atoms with Crippen LogP contribution in [0.25, 0.3) is 11.3 Å². The highest BCUT2D eigenvalue weighted by atomic mass is 19.1. The minimum absolute atomic E-state index is 0.0370. The second-order valence-electron chi connectivity index (χ2n) is 18.6. The zero-order chi connectivity index (χ0) is 35.4. The summed E-state index contributed by atoms with van der Waals surface area (Å²) in [5.74, 6) is 1.02. The summed E-state index contributed by atoms with van der Waals surface area (Å²) in [5, 5.41) is 18.4. The Kier molecular flexibility index (Phi) is 7.87. The van der Waals surface area contributed by atoms with Gasteiger partial charge in [0.15, 0.2) is 5.76 Å². The van der Waals surface area contributed by atoms with Crippen LogP contribution in [0, 0.1) is 66.2 Å². The Labute approximate surface area is 290 Å². The molecule has 1 heterocycles. The second kappa shape index (κ2) is 11.2. The van der Waals surface area contributed by atoms with E-state index in [0.29, 0.717) is 28.9 Å². The normalized spacial score (nSPS) is 39.0. The van der Waals surface area contributed by atoms with Gasteiger partial charge in [-0.05, 0) is 121 Å². The molecule has 5 aliphatic carbocycles. The zero-order valence-corrected chi connectivity index (χ0v) is 30.5. The predicted octanol–water partition coefficient (Wildman–Crippen LogP) is 9.13. The van der Waals surface area contributed by atoms with Crippen molar-refractivity contribution in [3.63, 3.8) is 0 Å². The SMILES string of the molecule is CC1(C)CC[C@]2(C(=O)NCc3cc(-c4ccc([N+](=O)[O-])c(F)c4)no3)CC[C@]3(C)C(=CCC4[C@@]5(C)CC[C@H](N)C(C)(C)C5CC[C@]43C)[C@@H]2C1. The highest BCUT2D eigenvalue weighted by molar-refractivity contribution is 5.84. The fraction of sp³-hybridized carbons (Fsp3) is 0.700. The molecule has 266 valence electrons. The molecule has 0 spiro atoms. The van der Waals surface area contributed by atoms with Crippen LogP contribution in [0.3, 0.4) is 0 Å². The molecule has 2 aromatic rings. The summed E-state index contributed by atoms with van der Waals surface area (Å²) in [4.78, 5) is 24.8. The highest BCUT2D eigenvalue weighted by Gasteiger charge is 2.69. The predicted molar refractivity (Wildman–Crippen MR) is 187 cm³/mol. The van der Waals surface area contributed by atoms with Crippen LogP contribution in [-0.2, 0) is 11.3 Å². The third-order valence-electron chi connectivity index (χ3n) is 15.6. The molecule has 8 atom stereocenters. The van der Waals surface area contributed by atoms with Crippen molar-refractivity contribution < 1.29 is 18.6 Å². The van der Waals surface area contributed by atoms with Gasteiger partial charge in [-0.2, -0.15) is 4.39 Å². The highest BCUT2D eigenvalue weighted by Crippen LogP contribution is 2.75. The van der Waals surface area contributed by atoms with Crippen molar-refractivity contribution in [3.05, 3.63) is 57.6 Å². The maximum Gasteiger partial charge on any atom is 0.304 e. The Morgan fingerprint density at radius 1 is 1.02 bits per heavy atom. The van der Waals surface area contributed by atoms with Crippen LogP contribution in [-0.4, -0.2) is 22.0 Å². The van der Waals surface area contributed by atoms with Gasteiger partial charge in [-0.3, -0.25) is 14.9 Å². The van der Waals surface area contributed by atoms with E-state index in [9.17, 15) is 19.3 Å². The Morgan fingerprint density at radius 3 is 2.47 bits per heavy atom. The number of nitrogens with zero attached hydrogens (tertiary/aromatic N) is 2. The van der Waals surface area contributed by atoms with E-state index in [2.05, 4.69) is 65.0 Å². The fourth-order valence-corrected chi connectivity index (χ4v) is 12.4. The molecule has 9 heteroatoms. The van der Waals surface area contributed by atoms with Gasteiger partial charge in [0.2, 0.25) is 11.7 Å². The van der Waals surface area contributed by atoms with Crippen LogP contribution in [0.5, 0.6) is 0 Å². The molecule has 8 nitrogen and oxygen atoms in total. The molecule has 3 N–H and O–H groups in total. The topological polar surface area (TPSA) is 124 Å². The molecule has 1 amide bonds. The number of nitro benzene ring substituents is 1. The fourth-order valence-electron chi connectivity index (χ4n) is 12.4. The number of amides is 1. The standard InChI is InChI=1S/C40H55FN4O4/c1-35(2)16-18-40(34(46)43-23-25-21-29(44-49-25)24-8-10-30(45(47)48)28(41)20-24)19-17-38(6)26(27(40)22-35)9-11-32-37(5)14-13-33(42)36(3,4)31(37)12-15-39(32,38)7/h8-10,20-21,27,31-33H,11-19,22-23,42H2,1-7H3,(H,43,46)/t27-,31?,32?,33-,37-,38+,39+,40-/m0/s1. The van der Waals surface area contributed by atoms with Crippen molar-refractivity contribution in [2.24, 2.45) is 56.0 Å². The van der Waals surface area contributed by atoms with E-state index in [-0.39, 0.29) is 51.5 Å². The number of nitrogens with one attached hydrogen (secondary N) is 1. The number of fused-ring (bicyclic) bond motifs is 7. The Morgan fingerprint density at radius 2 is 1.76 bits per heavy atom. The average molecular weight is 675 g/mol.